The average Bonchev–Trinajstić information content (AvgIpc) is 3.10. The van der Waals surface area contributed by atoms with Crippen molar-refractivity contribution in [3.63, 3.8) is 0 Å². The number of likely N-dealkylation sites (tertiary alicyclic amines) is 1. The maximum atomic E-state index is 12.4. The van der Waals surface area contributed by atoms with Crippen molar-refractivity contribution in [3.05, 3.63) is 47.9 Å². The zero-order chi connectivity index (χ0) is 18.1. The first-order valence-electron chi connectivity index (χ1n) is 10.0. The van der Waals surface area contributed by atoms with Gasteiger partial charge < -0.3 is 4.90 Å². The highest BCUT2D eigenvalue weighted by molar-refractivity contribution is 5.83. The van der Waals surface area contributed by atoms with Crippen molar-refractivity contribution >= 4 is 11.5 Å². The lowest BCUT2D eigenvalue weighted by molar-refractivity contribution is -0.126. The molecule has 136 valence electrons. The van der Waals surface area contributed by atoms with Crippen LogP contribution in [0.5, 0.6) is 0 Å². The number of carbonyl (C=O) groups is 1. The van der Waals surface area contributed by atoms with E-state index >= 15 is 0 Å². The van der Waals surface area contributed by atoms with E-state index in [4.69, 9.17) is 0 Å². The highest BCUT2D eigenvalue weighted by Gasteiger charge is 2.59. The minimum atomic E-state index is 0.0487. The predicted octanol–water partition coefficient (Wildman–Crippen LogP) is 4.67. The van der Waals surface area contributed by atoms with Gasteiger partial charge in [-0.3, -0.25) is 9.78 Å². The number of pyridine rings is 1. The number of nitrogens with zero attached hydrogens (tertiary/aromatic N) is 2. The molecule has 2 heterocycles. The Hall–Kier alpha value is -1.90. The number of carbonyl (C=O) groups excluding carboxylic acids is 1. The van der Waals surface area contributed by atoms with E-state index in [2.05, 4.69) is 43.1 Å². The molecule has 1 saturated heterocycles. The molecule has 1 aromatic heterocycles. The second-order valence-electron chi connectivity index (χ2n) is 9.30. The predicted molar refractivity (Wildman–Crippen MR) is 103 cm³/mol. The van der Waals surface area contributed by atoms with E-state index in [0.29, 0.717) is 30.1 Å². The van der Waals surface area contributed by atoms with Crippen LogP contribution in [-0.4, -0.2) is 22.8 Å². The third-order valence-electron chi connectivity index (χ3n) is 8.23. The molecular formula is C23H28N2O. The van der Waals surface area contributed by atoms with Gasteiger partial charge in [0.2, 0.25) is 5.91 Å². The Morgan fingerprint density at radius 3 is 2.77 bits per heavy atom. The van der Waals surface area contributed by atoms with Crippen LogP contribution < -0.4 is 0 Å². The lowest BCUT2D eigenvalue weighted by Gasteiger charge is -2.54. The molecule has 1 amide bonds. The van der Waals surface area contributed by atoms with Gasteiger partial charge in [-0.15, -0.1) is 0 Å². The molecule has 0 N–H and O–H groups in total. The Morgan fingerprint density at radius 2 is 2.00 bits per heavy atom. The van der Waals surface area contributed by atoms with Gasteiger partial charge in [-0.2, -0.15) is 0 Å². The molecule has 3 aliphatic carbocycles. The minimum absolute atomic E-state index is 0.0487. The highest BCUT2D eigenvalue weighted by Crippen LogP contribution is 2.66. The van der Waals surface area contributed by atoms with Gasteiger partial charge in [0.15, 0.2) is 0 Å². The van der Waals surface area contributed by atoms with E-state index in [1.165, 1.54) is 36.1 Å². The number of allylic oxidation sites excluding steroid dienone is 4. The number of hydrogen-bond donors (Lipinski definition) is 0. The van der Waals surface area contributed by atoms with Crippen LogP contribution in [0.2, 0.25) is 0 Å². The van der Waals surface area contributed by atoms with Crippen LogP contribution in [0.25, 0.3) is 5.57 Å². The molecule has 5 atom stereocenters. The van der Waals surface area contributed by atoms with E-state index in [9.17, 15) is 4.79 Å². The number of aromatic nitrogens is 1. The van der Waals surface area contributed by atoms with Gasteiger partial charge in [-0.05, 0) is 66.1 Å². The van der Waals surface area contributed by atoms with Crippen molar-refractivity contribution in [2.24, 2.45) is 28.6 Å². The summed E-state index contributed by atoms with van der Waals surface area (Å²) in [6.07, 6.45) is 14.2. The van der Waals surface area contributed by atoms with E-state index in [-0.39, 0.29) is 10.8 Å². The molecule has 1 aromatic rings. The smallest absolute Gasteiger partial charge is 0.227 e. The van der Waals surface area contributed by atoms with E-state index < -0.39 is 0 Å². The van der Waals surface area contributed by atoms with Crippen LogP contribution in [0.3, 0.4) is 0 Å². The van der Waals surface area contributed by atoms with Crippen molar-refractivity contribution in [1.29, 1.82) is 0 Å². The van der Waals surface area contributed by atoms with Crippen LogP contribution in [0.4, 0.5) is 0 Å². The van der Waals surface area contributed by atoms with Crippen molar-refractivity contribution in [2.45, 2.75) is 46.0 Å². The summed E-state index contributed by atoms with van der Waals surface area (Å²) in [5, 5.41) is 0. The summed E-state index contributed by atoms with van der Waals surface area (Å²) < 4.78 is 0. The normalized spacial score (nSPS) is 41.3. The summed E-state index contributed by atoms with van der Waals surface area (Å²) in [6, 6.07) is 4.26. The fraction of sp³-hybridized carbons (Fsp3) is 0.565. The topological polar surface area (TPSA) is 33.2 Å². The van der Waals surface area contributed by atoms with E-state index in [1.54, 1.807) is 0 Å². The highest BCUT2D eigenvalue weighted by atomic mass is 16.2. The summed E-state index contributed by atoms with van der Waals surface area (Å²) in [4.78, 5) is 18.7. The number of rotatable bonds is 1. The zero-order valence-corrected chi connectivity index (χ0v) is 16.0. The molecule has 3 unspecified atom stereocenters. The fourth-order valence-electron chi connectivity index (χ4n) is 6.92. The fourth-order valence-corrected chi connectivity index (χ4v) is 6.92. The molecule has 26 heavy (non-hydrogen) atoms. The Kier molecular flexibility index (Phi) is 3.33. The van der Waals surface area contributed by atoms with Crippen LogP contribution >= 0.6 is 0 Å². The Bertz CT molecular complexity index is 826. The van der Waals surface area contributed by atoms with Gasteiger partial charge >= 0.3 is 0 Å². The number of amides is 1. The summed E-state index contributed by atoms with van der Waals surface area (Å²) in [5.41, 5.74) is 4.40. The van der Waals surface area contributed by atoms with Gasteiger partial charge in [0.1, 0.15) is 0 Å². The SMILES string of the molecule is CN1C(=O)C[C@@]2(C)C1=CCC1C2CC[C@]2(C)C(c3cccnc3)=CCC12. The summed E-state index contributed by atoms with van der Waals surface area (Å²) in [5.74, 6) is 2.31. The summed E-state index contributed by atoms with van der Waals surface area (Å²) >= 11 is 0. The summed E-state index contributed by atoms with van der Waals surface area (Å²) in [6.45, 7) is 4.83. The molecule has 2 fully saturated rings. The number of hydrogen-bond acceptors (Lipinski definition) is 2. The van der Waals surface area contributed by atoms with Crippen LogP contribution in [0.1, 0.15) is 51.5 Å². The molecule has 1 saturated carbocycles. The molecule has 3 heteroatoms. The van der Waals surface area contributed by atoms with E-state index in [0.717, 1.165) is 6.42 Å². The first kappa shape index (κ1) is 16.3. The Balaban J connectivity index is 1.50. The lowest BCUT2D eigenvalue weighted by Crippen LogP contribution is -2.47. The molecule has 0 spiro atoms. The zero-order valence-electron chi connectivity index (χ0n) is 16.0. The van der Waals surface area contributed by atoms with Gasteiger partial charge in [0, 0.05) is 37.0 Å². The average molecular weight is 348 g/mol. The quantitative estimate of drug-likeness (QED) is 0.739. The molecule has 0 bridgehead atoms. The minimum Gasteiger partial charge on any atom is -0.319 e. The largest absolute Gasteiger partial charge is 0.319 e. The van der Waals surface area contributed by atoms with Crippen LogP contribution in [0, 0.1) is 28.6 Å². The van der Waals surface area contributed by atoms with E-state index in [1.807, 2.05) is 24.3 Å². The Morgan fingerprint density at radius 1 is 1.15 bits per heavy atom. The van der Waals surface area contributed by atoms with Gasteiger partial charge in [-0.1, -0.05) is 32.1 Å². The second kappa shape index (κ2) is 5.31. The van der Waals surface area contributed by atoms with Gasteiger partial charge in [-0.25, -0.2) is 0 Å². The van der Waals surface area contributed by atoms with Crippen LogP contribution in [0.15, 0.2) is 42.4 Å². The second-order valence-corrected chi connectivity index (χ2v) is 9.30. The molecule has 0 aromatic carbocycles. The Labute approximate surface area is 156 Å². The molecule has 5 rings (SSSR count). The first-order valence-corrected chi connectivity index (χ1v) is 10.0. The maximum absolute atomic E-state index is 12.4. The number of fused-ring (bicyclic) bond motifs is 5. The van der Waals surface area contributed by atoms with Crippen molar-refractivity contribution in [3.8, 4) is 0 Å². The first-order chi connectivity index (χ1) is 12.4. The maximum Gasteiger partial charge on any atom is 0.227 e. The molecule has 3 nitrogen and oxygen atoms in total. The summed E-state index contributed by atoms with van der Waals surface area (Å²) in [7, 11) is 1.96. The lowest BCUT2D eigenvalue weighted by atomic mass is 9.50. The molecule has 0 radical (unpaired) electrons. The molecule has 1 aliphatic heterocycles. The standard InChI is InChI=1S/C23H28N2O/c1-22-11-10-19-16(6-9-20-23(19,2)13-21(26)25(20)3)18(22)8-7-17(22)15-5-4-12-24-14-15/h4-5,7,9,12,14,16,18-19H,6,8,10-11,13H2,1-3H3/t16?,18?,19?,22-,23-/m1/s1. The molecular weight excluding hydrogens is 320 g/mol. The van der Waals surface area contributed by atoms with Gasteiger partial charge in [0.05, 0.1) is 0 Å². The third-order valence-corrected chi connectivity index (χ3v) is 8.23. The van der Waals surface area contributed by atoms with Gasteiger partial charge in [0.25, 0.3) is 0 Å². The molecule has 4 aliphatic rings. The van der Waals surface area contributed by atoms with Crippen molar-refractivity contribution in [1.82, 2.24) is 9.88 Å². The third kappa shape index (κ3) is 1.95. The van der Waals surface area contributed by atoms with Crippen molar-refractivity contribution in [2.75, 3.05) is 7.05 Å². The monoisotopic (exact) mass is 348 g/mol. The van der Waals surface area contributed by atoms with Crippen LogP contribution in [-0.2, 0) is 4.79 Å². The van der Waals surface area contributed by atoms with Crippen molar-refractivity contribution < 1.29 is 4.79 Å².